The Morgan fingerprint density at radius 2 is 2.05 bits per heavy atom. The van der Waals surface area contributed by atoms with E-state index >= 15 is 0 Å². The second-order valence-electron chi connectivity index (χ2n) is 6.69. The minimum atomic E-state index is -0.226. The van der Waals surface area contributed by atoms with E-state index in [1.807, 2.05) is 10.9 Å². The SMILES string of the molecule is CC(C)CC(CCO)CNC(=O)Nc1cnn(CC(C)C)c1. The molecule has 1 unspecified atom stereocenters. The largest absolute Gasteiger partial charge is 0.396 e. The standard InChI is InChI=1S/C16H30N4O2/c1-12(2)7-14(5-6-21)8-17-16(22)19-15-9-18-20(11-15)10-13(3)4/h9,11-14,21H,5-8,10H2,1-4H3,(H2,17,19,22). The van der Waals surface area contributed by atoms with Crippen molar-refractivity contribution in [3.63, 3.8) is 0 Å². The number of hydrogen-bond donors (Lipinski definition) is 3. The second-order valence-corrected chi connectivity index (χ2v) is 6.69. The minimum Gasteiger partial charge on any atom is -0.396 e. The molecule has 0 aliphatic heterocycles. The lowest BCUT2D eigenvalue weighted by molar-refractivity contribution is 0.231. The lowest BCUT2D eigenvalue weighted by atomic mass is 9.94. The number of nitrogens with one attached hydrogen (secondary N) is 2. The summed E-state index contributed by atoms with van der Waals surface area (Å²) < 4.78 is 1.83. The molecule has 22 heavy (non-hydrogen) atoms. The van der Waals surface area contributed by atoms with Crippen LogP contribution >= 0.6 is 0 Å². The fourth-order valence-corrected chi connectivity index (χ4v) is 2.47. The Morgan fingerprint density at radius 1 is 1.32 bits per heavy atom. The van der Waals surface area contributed by atoms with Gasteiger partial charge in [0.1, 0.15) is 0 Å². The summed E-state index contributed by atoms with van der Waals surface area (Å²) in [5.74, 6) is 1.37. The molecule has 0 bridgehead atoms. The van der Waals surface area contributed by atoms with Gasteiger partial charge >= 0.3 is 6.03 Å². The first-order chi connectivity index (χ1) is 10.4. The highest BCUT2D eigenvalue weighted by Gasteiger charge is 2.12. The van der Waals surface area contributed by atoms with E-state index in [1.165, 1.54) is 0 Å². The zero-order chi connectivity index (χ0) is 16.5. The molecule has 2 amide bonds. The van der Waals surface area contributed by atoms with Crippen molar-refractivity contribution in [1.29, 1.82) is 0 Å². The molecule has 3 N–H and O–H groups in total. The molecule has 0 saturated carbocycles. The first kappa shape index (κ1) is 18.5. The van der Waals surface area contributed by atoms with Crippen LogP contribution in [0, 0.1) is 17.8 Å². The average Bonchev–Trinajstić information content (AvgIpc) is 2.82. The summed E-state index contributed by atoms with van der Waals surface area (Å²) in [5, 5.41) is 19.0. The molecule has 1 atom stereocenters. The van der Waals surface area contributed by atoms with Gasteiger partial charge in [0, 0.05) is 25.9 Å². The van der Waals surface area contributed by atoms with Gasteiger partial charge in [-0.15, -0.1) is 0 Å². The van der Waals surface area contributed by atoms with Crippen LogP contribution in [0.1, 0.15) is 40.5 Å². The van der Waals surface area contributed by atoms with E-state index in [0.29, 0.717) is 36.4 Å². The van der Waals surface area contributed by atoms with Crippen molar-refractivity contribution < 1.29 is 9.90 Å². The van der Waals surface area contributed by atoms with Crippen LogP contribution < -0.4 is 10.6 Å². The highest BCUT2D eigenvalue weighted by Crippen LogP contribution is 2.14. The first-order valence-electron chi connectivity index (χ1n) is 8.08. The van der Waals surface area contributed by atoms with Crippen LogP contribution in [-0.2, 0) is 6.54 Å². The molecule has 126 valence electrons. The molecule has 0 aliphatic carbocycles. The predicted molar refractivity (Wildman–Crippen MR) is 88.7 cm³/mol. The van der Waals surface area contributed by atoms with Crippen LogP contribution in [0.5, 0.6) is 0 Å². The monoisotopic (exact) mass is 310 g/mol. The quantitative estimate of drug-likeness (QED) is 0.656. The number of aliphatic hydroxyl groups excluding tert-OH is 1. The zero-order valence-corrected chi connectivity index (χ0v) is 14.2. The Bertz CT molecular complexity index is 443. The number of aromatic nitrogens is 2. The molecule has 1 aromatic heterocycles. The lowest BCUT2D eigenvalue weighted by Crippen LogP contribution is -2.33. The summed E-state index contributed by atoms with van der Waals surface area (Å²) in [7, 11) is 0. The Kier molecular flexibility index (Phi) is 7.95. The van der Waals surface area contributed by atoms with Crippen LogP contribution in [0.3, 0.4) is 0 Å². The molecule has 0 radical (unpaired) electrons. The van der Waals surface area contributed by atoms with Crippen molar-refractivity contribution >= 4 is 11.7 Å². The normalized spacial score (nSPS) is 12.7. The van der Waals surface area contributed by atoms with Crippen LogP contribution in [0.2, 0.25) is 0 Å². The van der Waals surface area contributed by atoms with Gasteiger partial charge in [-0.2, -0.15) is 5.10 Å². The van der Waals surface area contributed by atoms with Gasteiger partial charge in [0.2, 0.25) is 0 Å². The molecule has 1 rings (SSSR count). The summed E-state index contributed by atoms with van der Waals surface area (Å²) in [4.78, 5) is 11.9. The third kappa shape index (κ3) is 7.45. The van der Waals surface area contributed by atoms with E-state index in [2.05, 4.69) is 43.4 Å². The number of carbonyl (C=O) groups is 1. The number of rotatable bonds is 9. The van der Waals surface area contributed by atoms with Gasteiger partial charge in [-0.25, -0.2) is 4.79 Å². The Morgan fingerprint density at radius 3 is 2.64 bits per heavy atom. The van der Waals surface area contributed by atoms with Crippen molar-refractivity contribution in [3.05, 3.63) is 12.4 Å². The van der Waals surface area contributed by atoms with Crippen molar-refractivity contribution in [2.24, 2.45) is 17.8 Å². The molecular formula is C16H30N4O2. The maximum Gasteiger partial charge on any atom is 0.319 e. The van der Waals surface area contributed by atoms with E-state index in [-0.39, 0.29) is 12.6 Å². The molecule has 0 saturated heterocycles. The number of aliphatic hydroxyl groups is 1. The first-order valence-corrected chi connectivity index (χ1v) is 8.08. The number of hydrogen-bond acceptors (Lipinski definition) is 3. The minimum absolute atomic E-state index is 0.155. The zero-order valence-electron chi connectivity index (χ0n) is 14.2. The van der Waals surface area contributed by atoms with Crippen molar-refractivity contribution in [1.82, 2.24) is 15.1 Å². The Hall–Kier alpha value is -1.56. The van der Waals surface area contributed by atoms with Crippen LogP contribution in [0.15, 0.2) is 12.4 Å². The molecule has 0 aliphatic rings. The Labute approximate surface area is 133 Å². The third-order valence-electron chi connectivity index (χ3n) is 3.34. The molecule has 6 nitrogen and oxygen atoms in total. The second kappa shape index (κ2) is 9.46. The van der Waals surface area contributed by atoms with E-state index in [1.54, 1.807) is 6.20 Å². The van der Waals surface area contributed by atoms with Crippen LogP contribution in [0.25, 0.3) is 0 Å². The maximum absolute atomic E-state index is 11.9. The van der Waals surface area contributed by atoms with Gasteiger partial charge in [0.05, 0.1) is 11.9 Å². The van der Waals surface area contributed by atoms with Crippen molar-refractivity contribution in [2.45, 2.75) is 47.1 Å². The van der Waals surface area contributed by atoms with Gasteiger partial charge in [-0.05, 0) is 30.6 Å². The fraction of sp³-hybridized carbons (Fsp3) is 0.750. The predicted octanol–water partition coefficient (Wildman–Crippen LogP) is 2.71. The molecule has 1 aromatic rings. The van der Waals surface area contributed by atoms with Crippen molar-refractivity contribution in [2.75, 3.05) is 18.5 Å². The molecule has 0 aromatic carbocycles. The van der Waals surface area contributed by atoms with Gasteiger partial charge in [-0.3, -0.25) is 4.68 Å². The molecule has 0 spiro atoms. The van der Waals surface area contributed by atoms with Crippen LogP contribution in [-0.4, -0.2) is 34.1 Å². The number of amides is 2. The van der Waals surface area contributed by atoms with Crippen molar-refractivity contribution in [3.8, 4) is 0 Å². The van der Waals surface area contributed by atoms with Gasteiger partial charge in [-0.1, -0.05) is 27.7 Å². The van der Waals surface area contributed by atoms with E-state index in [0.717, 1.165) is 13.0 Å². The smallest absolute Gasteiger partial charge is 0.319 e. The topological polar surface area (TPSA) is 79.2 Å². The van der Waals surface area contributed by atoms with Crippen LogP contribution in [0.4, 0.5) is 10.5 Å². The fourth-order valence-electron chi connectivity index (χ4n) is 2.47. The van der Waals surface area contributed by atoms with E-state index in [4.69, 9.17) is 5.11 Å². The number of anilines is 1. The number of carbonyl (C=O) groups excluding carboxylic acids is 1. The summed E-state index contributed by atoms with van der Waals surface area (Å²) in [6, 6.07) is -0.226. The highest BCUT2D eigenvalue weighted by atomic mass is 16.3. The van der Waals surface area contributed by atoms with E-state index in [9.17, 15) is 4.79 Å². The maximum atomic E-state index is 11.9. The Balaban J connectivity index is 2.39. The van der Waals surface area contributed by atoms with Gasteiger partial charge in [0.25, 0.3) is 0 Å². The van der Waals surface area contributed by atoms with Gasteiger partial charge in [0.15, 0.2) is 0 Å². The van der Waals surface area contributed by atoms with Gasteiger partial charge < -0.3 is 15.7 Å². The lowest BCUT2D eigenvalue weighted by Gasteiger charge is -2.18. The molecular weight excluding hydrogens is 280 g/mol. The number of urea groups is 1. The third-order valence-corrected chi connectivity index (χ3v) is 3.34. The van der Waals surface area contributed by atoms with E-state index < -0.39 is 0 Å². The highest BCUT2D eigenvalue weighted by molar-refractivity contribution is 5.88. The molecule has 1 heterocycles. The average molecular weight is 310 g/mol. The molecule has 6 heteroatoms. The molecule has 0 fully saturated rings. The summed E-state index contributed by atoms with van der Waals surface area (Å²) in [6.45, 7) is 10.1. The summed E-state index contributed by atoms with van der Waals surface area (Å²) >= 11 is 0. The summed E-state index contributed by atoms with van der Waals surface area (Å²) in [5.41, 5.74) is 0.695. The number of nitrogens with zero attached hydrogens (tertiary/aromatic N) is 2. The summed E-state index contributed by atoms with van der Waals surface area (Å²) in [6.07, 6.45) is 5.19.